The van der Waals surface area contributed by atoms with Crippen LogP contribution in [-0.2, 0) is 10.9 Å². The maximum Gasteiger partial charge on any atom is 0.416 e. The van der Waals surface area contributed by atoms with Crippen molar-refractivity contribution >= 4 is 18.6 Å². The molecule has 0 bridgehead atoms. The van der Waals surface area contributed by atoms with E-state index in [4.69, 9.17) is 5.26 Å². The first-order valence-corrected chi connectivity index (χ1v) is 5.27. The minimum atomic E-state index is -4.64. The Balaban J connectivity index is 3.42. The normalized spacial score (nSPS) is 10.9. The van der Waals surface area contributed by atoms with E-state index >= 15 is 0 Å². The van der Waals surface area contributed by atoms with Gasteiger partial charge in [0.1, 0.15) is 6.07 Å². The minimum absolute atomic E-state index is 0.0180. The highest BCUT2D eigenvalue weighted by molar-refractivity contribution is 7.80. The van der Waals surface area contributed by atoms with Crippen molar-refractivity contribution in [3.8, 4) is 6.07 Å². The Morgan fingerprint density at radius 3 is 2.56 bits per heavy atom. The Morgan fingerprint density at radius 1 is 1.50 bits per heavy atom. The van der Waals surface area contributed by atoms with Gasteiger partial charge in [-0.3, -0.25) is 0 Å². The standard InChI is InChI=1S/C11H8F3NO2S/c1-2-17-10(16)8-4-7(11(12,13)14)3-6(5-15)9(8)18/h3-4,18H,2H2,1H3. The first-order chi connectivity index (χ1) is 8.31. The number of benzene rings is 1. The topological polar surface area (TPSA) is 50.1 Å². The fourth-order valence-electron chi connectivity index (χ4n) is 1.25. The number of hydrogen-bond donors (Lipinski definition) is 1. The Kier molecular flexibility index (Phi) is 4.24. The van der Waals surface area contributed by atoms with Gasteiger partial charge in [0.05, 0.1) is 23.3 Å². The summed E-state index contributed by atoms with van der Waals surface area (Å²) in [4.78, 5) is 11.3. The summed E-state index contributed by atoms with van der Waals surface area (Å²) in [7, 11) is 0. The summed E-state index contributed by atoms with van der Waals surface area (Å²) in [6.07, 6.45) is -4.64. The van der Waals surface area contributed by atoms with Crippen molar-refractivity contribution in [1.82, 2.24) is 0 Å². The second kappa shape index (κ2) is 5.31. The zero-order chi connectivity index (χ0) is 13.9. The number of carbonyl (C=O) groups is 1. The molecule has 0 N–H and O–H groups in total. The smallest absolute Gasteiger partial charge is 0.416 e. The van der Waals surface area contributed by atoms with Gasteiger partial charge in [-0.25, -0.2) is 4.79 Å². The van der Waals surface area contributed by atoms with Crippen LogP contribution in [0.1, 0.15) is 28.4 Å². The lowest BCUT2D eigenvalue weighted by Crippen LogP contribution is -2.11. The average Bonchev–Trinajstić information content (AvgIpc) is 2.28. The summed E-state index contributed by atoms with van der Waals surface area (Å²) in [5, 5.41) is 8.73. The maximum atomic E-state index is 12.6. The van der Waals surface area contributed by atoms with Gasteiger partial charge in [-0.15, -0.1) is 12.6 Å². The summed E-state index contributed by atoms with van der Waals surface area (Å²) in [6, 6.07) is 2.83. The summed E-state index contributed by atoms with van der Waals surface area (Å²) in [6.45, 7) is 1.54. The van der Waals surface area contributed by atoms with Crippen LogP contribution in [0.25, 0.3) is 0 Å². The number of carbonyl (C=O) groups excluding carboxylic acids is 1. The van der Waals surface area contributed by atoms with Gasteiger partial charge >= 0.3 is 12.1 Å². The molecule has 0 spiro atoms. The zero-order valence-electron chi connectivity index (χ0n) is 9.21. The van der Waals surface area contributed by atoms with Crippen molar-refractivity contribution in [2.24, 2.45) is 0 Å². The zero-order valence-corrected chi connectivity index (χ0v) is 10.1. The second-order valence-electron chi connectivity index (χ2n) is 3.25. The van der Waals surface area contributed by atoms with E-state index in [-0.39, 0.29) is 22.6 Å². The lowest BCUT2D eigenvalue weighted by Gasteiger charge is -2.11. The third-order valence-corrected chi connectivity index (χ3v) is 2.53. The molecule has 0 saturated heterocycles. The van der Waals surface area contributed by atoms with Gasteiger partial charge in [-0.2, -0.15) is 18.4 Å². The number of rotatable bonds is 2. The average molecular weight is 275 g/mol. The SMILES string of the molecule is CCOC(=O)c1cc(C(F)(F)F)cc(C#N)c1S. The van der Waals surface area contributed by atoms with E-state index in [9.17, 15) is 18.0 Å². The van der Waals surface area contributed by atoms with Gasteiger partial charge in [0.2, 0.25) is 0 Å². The molecule has 0 aromatic heterocycles. The van der Waals surface area contributed by atoms with E-state index in [0.29, 0.717) is 12.1 Å². The molecule has 0 heterocycles. The molecule has 0 aliphatic rings. The predicted octanol–water partition coefficient (Wildman–Crippen LogP) is 3.04. The van der Waals surface area contributed by atoms with Crippen molar-refractivity contribution in [3.63, 3.8) is 0 Å². The minimum Gasteiger partial charge on any atom is -0.462 e. The lowest BCUT2D eigenvalue weighted by molar-refractivity contribution is -0.137. The fraction of sp³-hybridized carbons (Fsp3) is 0.273. The highest BCUT2D eigenvalue weighted by atomic mass is 32.1. The van der Waals surface area contributed by atoms with Crippen LogP contribution in [0.3, 0.4) is 0 Å². The van der Waals surface area contributed by atoms with Crippen molar-refractivity contribution in [1.29, 1.82) is 5.26 Å². The molecule has 1 aromatic rings. The van der Waals surface area contributed by atoms with Crippen LogP contribution in [0.5, 0.6) is 0 Å². The molecular weight excluding hydrogens is 267 g/mol. The number of nitriles is 1. The lowest BCUT2D eigenvalue weighted by atomic mass is 10.1. The third-order valence-electron chi connectivity index (χ3n) is 2.05. The Bertz CT molecular complexity index is 520. The molecule has 96 valence electrons. The van der Waals surface area contributed by atoms with Crippen LogP contribution >= 0.6 is 12.6 Å². The highest BCUT2D eigenvalue weighted by Gasteiger charge is 2.33. The molecule has 1 aromatic carbocycles. The number of hydrogen-bond acceptors (Lipinski definition) is 4. The number of halogens is 3. The summed E-state index contributed by atoms with van der Waals surface area (Å²) in [5.74, 6) is -0.940. The third kappa shape index (κ3) is 2.96. The molecule has 0 radical (unpaired) electrons. The summed E-state index contributed by atoms with van der Waals surface area (Å²) >= 11 is 3.88. The molecule has 0 saturated carbocycles. The molecule has 0 aliphatic carbocycles. The van der Waals surface area contributed by atoms with Gasteiger partial charge in [0.15, 0.2) is 0 Å². The van der Waals surface area contributed by atoms with Crippen LogP contribution in [0.4, 0.5) is 13.2 Å². The van der Waals surface area contributed by atoms with E-state index in [1.165, 1.54) is 6.92 Å². The molecule has 0 fully saturated rings. The Morgan fingerprint density at radius 2 is 2.11 bits per heavy atom. The molecule has 1 rings (SSSR count). The molecule has 0 amide bonds. The van der Waals surface area contributed by atoms with E-state index in [0.717, 1.165) is 0 Å². The van der Waals surface area contributed by atoms with E-state index < -0.39 is 17.7 Å². The molecule has 0 aliphatic heterocycles. The van der Waals surface area contributed by atoms with Crippen LogP contribution in [0.15, 0.2) is 17.0 Å². The molecule has 18 heavy (non-hydrogen) atoms. The van der Waals surface area contributed by atoms with E-state index in [1.54, 1.807) is 6.07 Å². The van der Waals surface area contributed by atoms with Gasteiger partial charge in [0, 0.05) is 4.90 Å². The largest absolute Gasteiger partial charge is 0.462 e. The summed E-state index contributed by atoms with van der Waals surface area (Å²) in [5.41, 5.74) is -1.78. The predicted molar refractivity (Wildman–Crippen MR) is 59.4 cm³/mol. The number of alkyl halides is 3. The van der Waals surface area contributed by atoms with Gasteiger partial charge in [0.25, 0.3) is 0 Å². The molecule has 0 unspecified atom stereocenters. The van der Waals surface area contributed by atoms with Crippen molar-refractivity contribution < 1.29 is 22.7 Å². The molecule has 0 atom stereocenters. The summed E-state index contributed by atoms with van der Waals surface area (Å²) < 4.78 is 42.3. The first-order valence-electron chi connectivity index (χ1n) is 4.82. The monoisotopic (exact) mass is 275 g/mol. The molecule has 7 heteroatoms. The van der Waals surface area contributed by atoms with Crippen molar-refractivity contribution in [2.45, 2.75) is 18.0 Å². The quantitative estimate of drug-likeness (QED) is 0.666. The van der Waals surface area contributed by atoms with Crippen LogP contribution in [0, 0.1) is 11.3 Å². The first kappa shape index (κ1) is 14.4. The van der Waals surface area contributed by atoms with Gasteiger partial charge in [-0.05, 0) is 19.1 Å². The van der Waals surface area contributed by atoms with Crippen LogP contribution in [0.2, 0.25) is 0 Å². The van der Waals surface area contributed by atoms with Gasteiger partial charge < -0.3 is 4.74 Å². The van der Waals surface area contributed by atoms with E-state index in [1.807, 2.05) is 0 Å². The second-order valence-corrected chi connectivity index (χ2v) is 3.70. The molecular formula is C11H8F3NO2S. The van der Waals surface area contributed by atoms with Crippen LogP contribution in [-0.4, -0.2) is 12.6 Å². The van der Waals surface area contributed by atoms with Gasteiger partial charge in [-0.1, -0.05) is 0 Å². The Hall–Kier alpha value is -1.68. The van der Waals surface area contributed by atoms with Crippen molar-refractivity contribution in [3.05, 3.63) is 28.8 Å². The van der Waals surface area contributed by atoms with Crippen LogP contribution < -0.4 is 0 Å². The van der Waals surface area contributed by atoms with Crippen molar-refractivity contribution in [2.75, 3.05) is 6.61 Å². The number of ether oxygens (including phenoxy) is 1. The maximum absolute atomic E-state index is 12.6. The van der Waals surface area contributed by atoms with E-state index in [2.05, 4.69) is 17.4 Å². The Labute approximate surface area is 107 Å². The highest BCUT2D eigenvalue weighted by Crippen LogP contribution is 2.33. The number of nitrogens with zero attached hydrogens (tertiary/aromatic N) is 1. The number of esters is 1. The fourth-order valence-corrected chi connectivity index (χ4v) is 1.52. The number of thiol groups is 1. The molecule has 3 nitrogen and oxygen atoms in total.